The first-order chi connectivity index (χ1) is 15.1. The molecule has 1 aliphatic heterocycles. The summed E-state index contributed by atoms with van der Waals surface area (Å²) in [5, 5.41) is 0. The van der Waals surface area contributed by atoms with Crippen LogP contribution in [0.15, 0.2) is 66.9 Å². The molecule has 4 aromatic rings. The topological polar surface area (TPSA) is 95.9 Å². The predicted molar refractivity (Wildman–Crippen MR) is 114 cm³/mol. The lowest BCUT2D eigenvalue weighted by Gasteiger charge is -2.31. The number of nitrogens with two attached hydrogens (primary N) is 1. The number of nitrogens with zero attached hydrogens (tertiary/aromatic N) is 4. The Labute approximate surface area is 177 Å². The zero-order valence-corrected chi connectivity index (χ0v) is 16.6. The van der Waals surface area contributed by atoms with Gasteiger partial charge in [-0.3, -0.25) is 0 Å². The molecule has 0 saturated heterocycles. The summed E-state index contributed by atoms with van der Waals surface area (Å²) in [7, 11) is 0. The molecule has 2 atom stereocenters. The molecule has 8 heteroatoms. The summed E-state index contributed by atoms with van der Waals surface area (Å²) in [4.78, 5) is 24.9. The largest absolute Gasteiger partial charge is 0.459 e. The standard InChI is InChI=1S/C23H18FN5O2/c1-13(29-12-28-20-22(25)26-11-27-23(20)29)21-19(14-6-8-15(24)9-7-14)17(10-30)16-4-2-3-5-18(16)31-21/h2-13,17H,1H3,(H2,25,26,27). The Morgan fingerprint density at radius 2 is 1.90 bits per heavy atom. The van der Waals surface area contributed by atoms with E-state index >= 15 is 0 Å². The van der Waals surface area contributed by atoms with Crippen LogP contribution in [0.2, 0.25) is 0 Å². The summed E-state index contributed by atoms with van der Waals surface area (Å²) < 4.78 is 21.8. The molecule has 0 amide bonds. The Kier molecular flexibility index (Phi) is 4.47. The fourth-order valence-electron chi connectivity index (χ4n) is 4.00. The second-order valence-electron chi connectivity index (χ2n) is 7.30. The zero-order valence-electron chi connectivity index (χ0n) is 16.6. The van der Waals surface area contributed by atoms with Crippen molar-refractivity contribution in [3.63, 3.8) is 0 Å². The first-order valence-electron chi connectivity index (χ1n) is 9.73. The number of anilines is 1. The molecule has 31 heavy (non-hydrogen) atoms. The zero-order chi connectivity index (χ0) is 21.5. The minimum atomic E-state index is -0.567. The second kappa shape index (κ2) is 7.32. The molecule has 3 heterocycles. The van der Waals surface area contributed by atoms with Gasteiger partial charge in [-0.25, -0.2) is 19.3 Å². The van der Waals surface area contributed by atoms with Crippen molar-refractivity contribution in [1.82, 2.24) is 19.5 Å². The summed E-state index contributed by atoms with van der Waals surface area (Å²) >= 11 is 0. The molecule has 154 valence electrons. The number of fused-ring (bicyclic) bond motifs is 2. The van der Waals surface area contributed by atoms with E-state index in [1.165, 1.54) is 18.5 Å². The number of carbonyl (C=O) groups excluding carboxylic acids is 1. The summed E-state index contributed by atoms with van der Waals surface area (Å²) in [5.41, 5.74) is 9.11. The van der Waals surface area contributed by atoms with Crippen LogP contribution in [0.1, 0.15) is 30.0 Å². The van der Waals surface area contributed by atoms with E-state index in [1.54, 1.807) is 18.5 Å². The maximum absolute atomic E-state index is 13.6. The Balaban J connectivity index is 1.74. The monoisotopic (exact) mass is 415 g/mol. The number of halogens is 1. The molecule has 7 nitrogen and oxygen atoms in total. The van der Waals surface area contributed by atoms with E-state index in [9.17, 15) is 9.18 Å². The van der Waals surface area contributed by atoms with Crippen molar-refractivity contribution in [2.24, 2.45) is 0 Å². The minimum absolute atomic E-state index is 0.282. The average molecular weight is 415 g/mol. The number of hydrogen-bond donors (Lipinski definition) is 1. The van der Waals surface area contributed by atoms with Crippen LogP contribution in [-0.2, 0) is 4.79 Å². The summed E-state index contributed by atoms with van der Waals surface area (Å²) in [6.07, 6.45) is 3.89. The lowest BCUT2D eigenvalue weighted by Crippen LogP contribution is -2.22. The molecule has 0 radical (unpaired) electrons. The van der Waals surface area contributed by atoms with Crippen molar-refractivity contribution in [2.45, 2.75) is 18.9 Å². The summed E-state index contributed by atoms with van der Waals surface area (Å²) in [6, 6.07) is 13.1. The Morgan fingerprint density at radius 3 is 2.68 bits per heavy atom. The molecule has 2 aromatic carbocycles. The first-order valence-corrected chi connectivity index (χ1v) is 9.73. The minimum Gasteiger partial charge on any atom is -0.459 e. The van der Waals surface area contributed by atoms with Gasteiger partial charge in [0.25, 0.3) is 0 Å². The second-order valence-corrected chi connectivity index (χ2v) is 7.30. The van der Waals surface area contributed by atoms with Crippen LogP contribution >= 0.6 is 0 Å². The Bertz CT molecular complexity index is 1330. The third kappa shape index (κ3) is 3.04. The van der Waals surface area contributed by atoms with Crippen LogP contribution in [0.25, 0.3) is 16.7 Å². The molecule has 5 rings (SSSR count). The normalized spacial score (nSPS) is 16.6. The van der Waals surface area contributed by atoms with Crippen LogP contribution in [0.3, 0.4) is 0 Å². The van der Waals surface area contributed by atoms with E-state index in [-0.39, 0.29) is 17.7 Å². The van der Waals surface area contributed by atoms with Crippen molar-refractivity contribution in [2.75, 3.05) is 5.73 Å². The molecule has 1 aliphatic rings. The van der Waals surface area contributed by atoms with Crippen molar-refractivity contribution >= 4 is 28.8 Å². The van der Waals surface area contributed by atoms with Crippen molar-refractivity contribution < 1.29 is 13.9 Å². The number of hydrogen-bond acceptors (Lipinski definition) is 6. The third-order valence-corrected chi connectivity index (χ3v) is 5.53. The number of carbonyl (C=O) groups is 1. The van der Waals surface area contributed by atoms with Gasteiger partial charge < -0.3 is 19.8 Å². The molecule has 0 saturated carbocycles. The van der Waals surface area contributed by atoms with Gasteiger partial charge in [-0.1, -0.05) is 30.3 Å². The number of allylic oxidation sites excluding steroid dienone is 2. The van der Waals surface area contributed by atoms with Crippen molar-refractivity contribution in [3.05, 3.63) is 83.9 Å². The Morgan fingerprint density at radius 1 is 1.13 bits per heavy atom. The van der Waals surface area contributed by atoms with Gasteiger partial charge >= 0.3 is 0 Å². The average Bonchev–Trinajstić information content (AvgIpc) is 3.23. The smallest absolute Gasteiger partial charge is 0.166 e. The van der Waals surface area contributed by atoms with E-state index in [0.717, 1.165) is 11.8 Å². The highest BCUT2D eigenvalue weighted by Crippen LogP contribution is 2.45. The van der Waals surface area contributed by atoms with E-state index in [2.05, 4.69) is 15.0 Å². The van der Waals surface area contributed by atoms with Crippen LogP contribution in [0.4, 0.5) is 10.2 Å². The molecule has 0 spiro atoms. The Hall–Kier alpha value is -4.07. The molecular formula is C23H18FN5O2. The van der Waals surface area contributed by atoms with E-state index in [0.29, 0.717) is 33.8 Å². The van der Waals surface area contributed by atoms with Gasteiger partial charge in [-0.05, 0) is 30.7 Å². The summed E-state index contributed by atoms with van der Waals surface area (Å²) in [6.45, 7) is 1.92. The first kappa shape index (κ1) is 18.9. The van der Waals surface area contributed by atoms with Gasteiger partial charge in [0.05, 0.1) is 18.3 Å². The fourth-order valence-corrected chi connectivity index (χ4v) is 4.00. The van der Waals surface area contributed by atoms with Gasteiger partial charge in [0, 0.05) is 11.1 Å². The highest BCUT2D eigenvalue weighted by molar-refractivity contribution is 5.90. The number of para-hydroxylation sites is 1. The number of benzene rings is 2. The highest BCUT2D eigenvalue weighted by Gasteiger charge is 2.33. The molecule has 0 bridgehead atoms. The molecule has 2 unspecified atom stereocenters. The number of rotatable bonds is 4. The number of nitrogen functional groups attached to an aromatic ring is 1. The quantitative estimate of drug-likeness (QED) is 0.508. The molecule has 0 fully saturated rings. The molecular weight excluding hydrogens is 397 g/mol. The lowest BCUT2D eigenvalue weighted by atomic mass is 9.83. The van der Waals surface area contributed by atoms with Crippen molar-refractivity contribution in [3.8, 4) is 5.75 Å². The molecule has 2 aromatic heterocycles. The van der Waals surface area contributed by atoms with Crippen LogP contribution < -0.4 is 10.5 Å². The van der Waals surface area contributed by atoms with Crippen molar-refractivity contribution in [1.29, 1.82) is 0 Å². The predicted octanol–water partition coefficient (Wildman–Crippen LogP) is 3.90. The number of aromatic nitrogens is 4. The number of aldehydes is 1. The van der Waals surface area contributed by atoms with Gasteiger partial charge in [-0.2, -0.15) is 0 Å². The van der Waals surface area contributed by atoms with Gasteiger partial charge in [-0.15, -0.1) is 0 Å². The lowest BCUT2D eigenvalue weighted by molar-refractivity contribution is -0.108. The third-order valence-electron chi connectivity index (χ3n) is 5.53. The maximum atomic E-state index is 13.6. The van der Waals surface area contributed by atoms with E-state index in [1.807, 2.05) is 35.8 Å². The fraction of sp³-hybridized carbons (Fsp3) is 0.130. The van der Waals surface area contributed by atoms with Crippen LogP contribution in [0.5, 0.6) is 5.75 Å². The number of imidazole rings is 1. The van der Waals surface area contributed by atoms with Gasteiger partial charge in [0.15, 0.2) is 11.5 Å². The van der Waals surface area contributed by atoms with Crippen LogP contribution in [0, 0.1) is 5.82 Å². The molecule has 0 aliphatic carbocycles. The maximum Gasteiger partial charge on any atom is 0.166 e. The van der Waals surface area contributed by atoms with E-state index in [4.69, 9.17) is 10.5 Å². The van der Waals surface area contributed by atoms with Gasteiger partial charge in [0.1, 0.15) is 35.5 Å². The highest BCUT2D eigenvalue weighted by atomic mass is 19.1. The van der Waals surface area contributed by atoms with Gasteiger partial charge in [0.2, 0.25) is 0 Å². The van der Waals surface area contributed by atoms with E-state index < -0.39 is 5.92 Å². The summed E-state index contributed by atoms with van der Waals surface area (Å²) in [5.74, 6) is 0.517. The van der Waals surface area contributed by atoms with Crippen LogP contribution in [-0.4, -0.2) is 25.8 Å². The SMILES string of the molecule is CC(C1=C(c2ccc(F)cc2)C(C=O)c2ccccc2O1)n1cnc2c(N)ncnc21. The molecule has 2 N–H and O–H groups in total. The number of ether oxygens (including phenoxy) is 1.